The molecule has 1 aromatic heterocycles. The first-order valence-electron chi connectivity index (χ1n) is 10.9. The summed E-state index contributed by atoms with van der Waals surface area (Å²) in [5, 5.41) is 9.77. The van der Waals surface area contributed by atoms with Crippen LogP contribution in [0.3, 0.4) is 0 Å². The van der Waals surface area contributed by atoms with E-state index in [1.54, 1.807) is 12.1 Å². The summed E-state index contributed by atoms with van der Waals surface area (Å²) < 4.78 is 40.4. The molecule has 0 spiro atoms. The first kappa shape index (κ1) is 24.4. The summed E-state index contributed by atoms with van der Waals surface area (Å²) in [5.41, 5.74) is 7.36. The molecule has 6 nitrogen and oxygen atoms in total. The molecule has 0 saturated carbocycles. The van der Waals surface area contributed by atoms with Crippen LogP contribution >= 0.6 is 0 Å². The van der Waals surface area contributed by atoms with E-state index in [0.717, 1.165) is 11.6 Å². The molecule has 0 aliphatic heterocycles. The van der Waals surface area contributed by atoms with Crippen LogP contribution in [0.4, 0.5) is 8.78 Å². The van der Waals surface area contributed by atoms with Gasteiger partial charge in [-0.25, -0.2) is 8.78 Å². The number of aromatic nitrogens is 1. The molecule has 0 saturated heterocycles. The highest BCUT2D eigenvalue weighted by Crippen LogP contribution is 2.32. The highest BCUT2D eigenvalue weighted by atomic mass is 19.1. The minimum absolute atomic E-state index is 0.0805. The first-order valence-corrected chi connectivity index (χ1v) is 10.9. The van der Waals surface area contributed by atoms with Gasteiger partial charge >= 0.3 is 0 Å². The van der Waals surface area contributed by atoms with Crippen molar-refractivity contribution in [2.24, 2.45) is 5.73 Å². The van der Waals surface area contributed by atoms with Crippen molar-refractivity contribution in [1.82, 2.24) is 4.98 Å². The second kappa shape index (κ2) is 10.7. The van der Waals surface area contributed by atoms with Crippen LogP contribution in [-0.4, -0.2) is 18.0 Å². The molecule has 0 aliphatic carbocycles. The minimum Gasteiger partial charge on any atom is -0.496 e. The topological polar surface area (TPSA) is 98.2 Å². The van der Waals surface area contributed by atoms with E-state index < -0.39 is 17.5 Å². The number of halogens is 2. The lowest BCUT2D eigenvalue weighted by Crippen LogP contribution is -2.14. The molecule has 0 bridgehead atoms. The largest absolute Gasteiger partial charge is 0.496 e. The molecule has 3 aromatic carbocycles. The summed E-state index contributed by atoms with van der Waals surface area (Å²) in [7, 11) is 1.34. The summed E-state index contributed by atoms with van der Waals surface area (Å²) in [4.78, 5) is 15.9. The van der Waals surface area contributed by atoms with Crippen molar-refractivity contribution in [3.05, 3.63) is 112 Å². The van der Waals surface area contributed by atoms with E-state index in [2.05, 4.69) is 11.1 Å². The summed E-state index contributed by atoms with van der Waals surface area (Å²) in [5.74, 6) is -1.70. The zero-order chi connectivity index (χ0) is 25.7. The van der Waals surface area contributed by atoms with Gasteiger partial charge in [-0.2, -0.15) is 5.26 Å². The molecule has 0 atom stereocenters. The van der Waals surface area contributed by atoms with Crippen molar-refractivity contribution >= 4 is 5.91 Å². The lowest BCUT2D eigenvalue weighted by Gasteiger charge is -2.14. The van der Waals surface area contributed by atoms with Gasteiger partial charge in [0.05, 0.1) is 18.4 Å². The van der Waals surface area contributed by atoms with Gasteiger partial charge in [0, 0.05) is 23.7 Å². The SMILES string of the molecule is COc1c(Cc2ccc(-c3nccc(OCc4ccccc4)c3C#N)c(F)c2)cc(F)cc1C(N)=O. The highest BCUT2D eigenvalue weighted by Gasteiger charge is 2.19. The predicted molar refractivity (Wildman–Crippen MR) is 129 cm³/mol. The number of ether oxygens (including phenoxy) is 2. The Morgan fingerprint density at radius 3 is 2.50 bits per heavy atom. The van der Waals surface area contributed by atoms with Gasteiger partial charge < -0.3 is 15.2 Å². The van der Waals surface area contributed by atoms with Gasteiger partial charge in [-0.05, 0) is 41.5 Å². The van der Waals surface area contributed by atoms with E-state index >= 15 is 4.39 Å². The standard InChI is InChI=1S/C28H21F2N3O3/c1-35-27-19(13-20(29)14-22(27)28(32)34)11-18-7-8-21(24(30)12-18)26-23(15-31)25(9-10-33-26)36-16-17-5-3-2-4-6-17/h2-10,12-14H,11,16H2,1H3,(H2,32,34). The second-order valence-corrected chi connectivity index (χ2v) is 7.92. The average molecular weight is 485 g/mol. The van der Waals surface area contributed by atoms with E-state index in [1.807, 2.05) is 30.3 Å². The van der Waals surface area contributed by atoms with Crippen LogP contribution in [0.2, 0.25) is 0 Å². The molecule has 8 heteroatoms. The van der Waals surface area contributed by atoms with Crippen LogP contribution in [0.15, 0.2) is 72.9 Å². The second-order valence-electron chi connectivity index (χ2n) is 7.92. The van der Waals surface area contributed by atoms with Crippen LogP contribution < -0.4 is 15.2 Å². The van der Waals surface area contributed by atoms with E-state index in [9.17, 15) is 14.4 Å². The molecule has 0 unspecified atom stereocenters. The number of hydrogen-bond donors (Lipinski definition) is 1. The van der Waals surface area contributed by atoms with Gasteiger partial charge in [-0.15, -0.1) is 0 Å². The van der Waals surface area contributed by atoms with Crippen molar-refractivity contribution in [2.45, 2.75) is 13.0 Å². The van der Waals surface area contributed by atoms with E-state index in [-0.39, 0.29) is 41.2 Å². The molecule has 0 fully saturated rings. The number of hydrogen-bond acceptors (Lipinski definition) is 5. The number of carbonyl (C=O) groups is 1. The van der Waals surface area contributed by atoms with Gasteiger partial charge in [0.15, 0.2) is 0 Å². The molecular weight excluding hydrogens is 464 g/mol. The Hall–Kier alpha value is -4.77. The van der Waals surface area contributed by atoms with Crippen LogP contribution in [-0.2, 0) is 13.0 Å². The summed E-state index contributed by atoms with van der Waals surface area (Å²) >= 11 is 0. The van der Waals surface area contributed by atoms with Crippen LogP contribution in [0.5, 0.6) is 11.5 Å². The van der Waals surface area contributed by atoms with Gasteiger partial charge in [-0.3, -0.25) is 9.78 Å². The molecule has 4 aromatic rings. The third kappa shape index (κ3) is 5.15. The molecule has 180 valence electrons. The number of primary amides is 1. The molecular formula is C28H21F2N3O3. The monoisotopic (exact) mass is 485 g/mol. The number of benzene rings is 3. The fourth-order valence-electron chi connectivity index (χ4n) is 3.90. The number of nitrogens with zero attached hydrogens (tertiary/aromatic N) is 2. The zero-order valence-electron chi connectivity index (χ0n) is 19.3. The average Bonchev–Trinajstić information content (AvgIpc) is 2.87. The van der Waals surface area contributed by atoms with Crippen LogP contribution in [0.1, 0.15) is 32.6 Å². The maximum atomic E-state index is 15.2. The fourth-order valence-corrected chi connectivity index (χ4v) is 3.90. The van der Waals surface area contributed by atoms with Crippen molar-refractivity contribution in [3.8, 4) is 28.8 Å². The van der Waals surface area contributed by atoms with Crippen LogP contribution in [0, 0.1) is 23.0 Å². The number of carbonyl (C=O) groups excluding carboxylic acids is 1. The number of rotatable bonds is 8. The number of pyridine rings is 1. The third-order valence-electron chi connectivity index (χ3n) is 5.55. The van der Waals surface area contributed by atoms with Gasteiger partial charge in [-0.1, -0.05) is 36.4 Å². The Balaban J connectivity index is 1.64. The van der Waals surface area contributed by atoms with Crippen molar-refractivity contribution in [3.63, 3.8) is 0 Å². The van der Waals surface area contributed by atoms with Crippen LogP contribution in [0.25, 0.3) is 11.3 Å². The Morgan fingerprint density at radius 2 is 1.83 bits per heavy atom. The lowest BCUT2D eigenvalue weighted by atomic mass is 9.98. The van der Waals surface area contributed by atoms with Gasteiger partial charge in [0.1, 0.15) is 41.4 Å². The highest BCUT2D eigenvalue weighted by molar-refractivity contribution is 5.96. The van der Waals surface area contributed by atoms with E-state index in [4.69, 9.17) is 15.2 Å². The Kier molecular flexibility index (Phi) is 7.21. The summed E-state index contributed by atoms with van der Waals surface area (Å²) in [6, 6.07) is 19.7. The number of nitriles is 1. The number of methoxy groups -OCH3 is 1. The molecule has 0 radical (unpaired) electrons. The Morgan fingerprint density at radius 1 is 1.06 bits per heavy atom. The fraction of sp³-hybridized carbons (Fsp3) is 0.107. The number of nitrogens with two attached hydrogens (primary N) is 1. The maximum absolute atomic E-state index is 15.2. The zero-order valence-corrected chi connectivity index (χ0v) is 19.3. The summed E-state index contributed by atoms with van der Waals surface area (Å²) in [6.07, 6.45) is 1.53. The normalized spacial score (nSPS) is 10.5. The van der Waals surface area contributed by atoms with Gasteiger partial charge in [0.25, 0.3) is 5.91 Å². The molecule has 1 heterocycles. The molecule has 1 amide bonds. The lowest BCUT2D eigenvalue weighted by molar-refractivity contribution is 0.0996. The third-order valence-corrected chi connectivity index (χ3v) is 5.55. The van der Waals surface area contributed by atoms with Crippen molar-refractivity contribution in [1.29, 1.82) is 5.26 Å². The molecule has 36 heavy (non-hydrogen) atoms. The van der Waals surface area contributed by atoms with E-state index in [1.165, 1.54) is 31.5 Å². The Labute approximate surface area is 206 Å². The smallest absolute Gasteiger partial charge is 0.252 e. The molecule has 2 N–H and O–H groups in total. The Bertz CT molecular complexity index is 1470. The number of amides is 1. The predicted octanol–water partition coefficient (Wildman–Crippen LogP) is 5.18. The maximum Gasteiger partial charge on any atom is 0.252 e. The van der Waals surface area contributed by atoms with E-state index in [0.29, 0.717) is 16.9 Å². The van der Waals surface area contributed by atoms with Crippen molar-refractivity contribution in [2.75, 3.05) is 7.11 Å². The first-order chi connectivity index (χ1) is 17.4. The minimum atomic E-state index is -0.835. The van der Waals surface area contributed by atoms with Crippen molar-refractivity contribution < 1.29 is 23.0 Å². The molecule has 4 rings (SSSR count). The van der Waals surface area contributed by atoms with Gasteiger partial charge in [0.2, 0.25) is 0 Å². The summed E-state index contributed by atoms with van der Waals surface area (Å²) in [6.45, 7) is 0.239. The molecule has 0 aliphatic rings. The quantitative estimate of drug-likeness (QED) is 0.371.